The number of hydrogen-bond donors (Lipinski definition) is 1. The average molecular weight is 527 g/mol. The highest BCUT2D eigenvalue weighted by molar-refractivity contribution is 6.15. The van der Waals surface area contributed by atoms with Gasteiger partial charge in [0.05, 0.1) is 47.7 Å². The maximum Gasteiger partial charge on any atom is 0.203 e. The molecule has 0 aliphatic heterocycles. The van der Waals surface area contributed by atoms with Crippen molar-refractivity contribution in [1.29, 1.82) is 0 Å². The molecule has 206 valence electrons. The Morgan fingerprint density at radius 1 is 0.816 bits per heavy atom. The molecular weight excluding hydrogens is 488 g/mol. The first-order valence-corrected chi connectivity index (χ1v) is 12.6. The van der Waals surface area contributed by atoms with Crippen LogP contribution in [0.2, 0.25) is 0 Å². The van der Waals surface area contributed by atoms with Crippen molar-refractivity contribution in [3.05, 3.63) is 35.4 Å². The van der Waals surface area contributed by atoms with E-state index in [-0.39, 0.29) is 29.6 Å². The second-order valence-electron chi connectivity index (χ2n) is 8.96. The zero-order valence-corrected chi connectivity index (χ0v) is 23.5. The van der Waals surface area contributed by atoms with Gasteiger partial charge >= 0.3 is 0 Å². The molecule has 0 unspecified atom stereocenters. The fourth-order valence-corrected chi connectivity index (χ4v) is 4.99. The molecule has 0 saturated heterocycles. The van der Waals surface area contributed by atoms with Gasteiger partial charge in [0.2, 0.25) is 5.75 Å². The predicted molar refractivity (Wildman–Crippen MR) is 148 cm³/mol. The summed E-state index contributed by atoms with van der Waals surface area (Å²) in [5, 5.41) is 12.6. The first-order chi connectivity index (χ1) is 18.3. The summed E-state index contributed by atoms with van der Waals surface area (Å²) in [6.07, 6.45) is 2.02. The van der Waals surface area contributed by atoms with E-state index in [0.29, 0.717) is 57.1 Å². The number of fused-ring (bicyclic) bond motifs is 1. The molecule has 38 heavy (non-hydrogen) atoms. The van der Waals surface area contributed by atoms with Crippen LogP contribution in [0, 0.1) is 5.92 Å². The molecule has 3 aromatic rings. The van der Waals surface area contributed by atoms with Crippen molar-refractivity contribution in [2.75, 3.05) is 42.7 Å². The number of phenols is 1. The third-order valence-corrected chi connectivity index (χ3v) is 7.04. The van der Waals surface area contributed by atoms with Crippen LogP contribution in [0.25, 0.3) is 21.9 Å². The molecular formula is C30H38O8. The van der Waals surface area contributed by atoms with E-state index in [2.05, 4.69) is 13.8 Å². The molecule has 0 aliphatic rings. The molecule has 0 aromatic heterocycles. The molecule has 1 N–H and O–H groups in total. The smallest absolute Gasteiger partial charge is 0.203 e. The molecule has 0 amide bonds. The molecule has 3 aromatic carbocycles. The number of Topliss-reactive ketones (excluding diaryl/α,β-unsaturated/α-hetero) is 1. The second-order valence-corrected chi connectivity index (χ2v) is 8.96. The number of carbonyl (C=O) groups is 1. The van der Waals surface area contributed by atoms with Gasteiger partial charge in [-0.3, -0.25) is 4.79 Å². The Balaban J connectivity index is 2.59. The maximum atomic E-state index is 13.8. The summed E-state index contributed by atoms with van der Waals surface area (Å²) in [4.78, 5) is 13.8. The lowest BCUT2D eigenvalue weighted by atomic mass is 9.84. The highest BCUT2D eigenvalue weighted by atomic mass is 16.5. The Morgan fingerprint density at radius 2 is 1.45 bits per heavy atom. The largest absolute Gasteiger partial charge is 0.507 e. The topological polar surface area (TPSA) is 92.7 Å². The van der Waals surface area contributed by atoms with Gasteiger partial charge in [-0.15, -0.1) is 0 Å². The van der Waals surface area contributed by atoms with Gasteiger partial charge in [-0.1, -0.05) is 32.8 Å². The van der Waals surface area contributed by atoms with Crippen LogP contribution in [0.3, 0.4) is 0 Å². The Labute approximate surface area is 224 Å². The first-order valence-electron chi connectivity index (χ1n) is 12.6. The van der Waals surface area contributed by atoms with E-state index in [1.807, 2.05) is 12.1 Å². The summed E-state index contributed by atoms with van der Waals surface area (Å²) < 4.78 is 33.7. The fraction of sp³-hybridized carbons (Fsp3) is 0.433. The minimum Gasteiger partial charge on any atom is -0.507 e. The zero-order chi connectivity index (χ0) is 28.0. The molecule has 0 radical (unpaired) electrons. The van der Waals surface area contributed by atoms with Crippen LogP contribution in [-0.2, 0) is 11.3 Å². The van der Waals surface area contributed by atoms with Crippen LogP contribution in [0.15, 0.2) is 24.3 Å². The monoisotopic (exact) mass is 526 g/mol. The number of hydrogen-bond acceptors (Lipinski definition) is 8. The lowest BCUT2D eigenvalue weighted by Gasteiger charge is -2.24. The molecule has 0 atom stereocenters. The zero-order valence-electron chi connectivity index (χ0n) is 23.5. The Hall–Kier alpha value is -3.65. The molecule has 0 spiro atoms. The van der Waals surface area contributed by atoms with Crippen molar-refractivity contribution in [3.63, 3.8) is 0 Å². The number of carbonyl (C=O) groups excluding carboxylic acids is 1. The quantitative estimate of drug-likeness (QED) is 0.255. The molecule has 0 heterocycles. The van der Waals surface area contributed by atoms with Gasteiger partial charge < -0.3 is 33.5 Å². The van der Waals surface area contributed by atoms with Crippen LogP contribution >= 0.6 is 0 Å². The summed E-state index contributed by atoms with van der Waals surface area (Å²) in [7, 11) is 9.24. The maximum absolute atomic E-state index is 13.8. The lowest BCUT2D eigenvalue weighted by Crippen LogP contribution is -2.13. The molecule has 8 nitrogen and oxygen atoms in total. The molecule has 0 fully saturated rings. The van der Waals surface area contributed by atoms with Crippen molar-refractivity contribution < 1.29 is 38.3 Å². The first kappa shape index (κ1) is 28.9. The van der Waals surface area contributed by atoms with Gasteiger partial charge in [-0.25, -0.2) is 0 Å². The van der Waals surface area contributed by atoms with Crippen molar-refractivity contribution in [2.45, 2.75) is 39.7 Å². The van der Waals surface area contributed by atoms with Gasteiger partial charge in [-0.2, -0.15) is 0 Å². The number of ether oxygens (including phenoxy) is 6. The number of ketones is 1. The number of benzene rings is 3. The van der Waals surface area contributed by atoms with Crippen LogP contribution < -0.4 is 23.7 Å². The van der Waals surface area contributed by atoms with E-state index < -0.39 is 0 Å². The van der Waals surface area contributed by atoms with Crippen LogP contribution in [0.4, 0.5) is 0 Å². The highest BCUT2D eigenvalue weighted by Crippen LogP contribution is 2.52. The fourth-order valence-electron chi connectivity index (χ4n) is 4.99. The third kappa shape index (κ3) is 5.18. The number of phenolic OH excluding ortho intramolecular Hbond substituents is 1. The summed E-state index contributed by atoms with van der Waals surface area (Å²) in [5.41, 5.74) is 2.16. The van der Waals surface area contributed by atoms with Crippen molar-refractivity contribution in [3.8, 4) is 45.6 Å². The van der Waals surface area contributed by atoms with Crippen LogP contribution in [-0.4, -0.2) is 53.5 Å². The standard InChI is InChI=1S/C30H38O8/c1-9-17(10-2)13-21(31)26-20(16-33-3)25(18-11-12-22(34-4)23(14-18)35-5)27-19(28(26)32)15-24(36-6)29(37-7)30(27)38-8/h11-12,14-15,17,32H,9-10,13,16H2,1-8H3. The van der Waals surface area contributed by atoms with E-state index in [9.17, 15) is 9.90 Å². The van der Waals surface area contributed by atoms with Gasteiger partial charge in [0.1, 0.15) is 5.75 Å². The highest BCUT2D eigenvalue weighted by Gasteiger charge is 2.30. The van der Waals surface area contributed by atoms with Gasteiger partial charge in [-0.05, 0) is 29.7 Å². The van der Waals surface area contributed by atoms with E-state index in [1.165, 1.54) is 21.3 Å². The Morgan fingerprint density at radius 3 is 1.97 bits per heavy atom. The normalized spacial score (nSPS) is 11.1. The van der Waals surface area contributed by atoms with Crippen molar-refractivity contribution in [2.24, 2.45) is 5.92 Å². The summed E-state index contributed by atoms with van der Waals surface area (Å²) in [6.45, 7) is 4.21. The van der Waals surface area contributed by atoms with E-state index >= 15 is 0 Å². The van der Waals surface area contributed by atoms with Gasteiger partial charge in [0.15, 0.2) is 28.8 Å². The van der Waals surface area contributed by atoms with Gasteiger partial charge in [0.25, 0.3) is 0 Å². The lowest BCUT2D eigenvalue weighted by molar-refractivity contribution is 0.0951. The van der Waals surface area contributed by atoms with E-state index in [4.69, 9.17) is 28.4 Å². The second kappa shape index (κ2) is 12.7. The summed E-state index contributed by atoms with van der Waals surface area (Å²) in [6, 6.07) is 7.16. The minimum atomic E-state index is -0.152. The summed E-state index contributed by atoms with van der Waals surface area (Å²) >= 11 is 0. The number of rotatable bonds is 13. The minimum absolute atomic E-state index is 0.0780. The Bertz CT molecular complexity index is 1290. The average Bonchev–Trinajstić information content (AvgIpc) is 2.94. The molecule has 0 bridgehead atoms. The summed E-state index contributed by atoms with van der Waals surface area (Å²) in [5.74, 6) is 2.05. The molecule has 0 saturated carbocycles. The van der Waals surface area contributed by atoms with E-state index in [1.54, 1.807) is 33.5 Å². The number of methoxy groups -OCH3 is 6. The third-order valence-electron chi connectivity index (χ3n) is 7.04. The number of aromatic hydroxyl groups is 1. The van der Waals surface area contributed by atoms with Crippen LogP contribution in [0.1, 0.15) is 49.0 Å². The van der Waals surface area contributed by atoms with E-state index in [0.717, 1.165) is 18.4 Å². The van der Waals surface area contributed by atoms with Crippen molar-refractivity contribution >= 4 is 16.6 Å². The SMILES string of the molecule is CCC(CC)CC(=O)c1c(COC)c(-c2ccc(OC)c(OC)c2)c2c(OC)c(OC)c(OC)cc2c1O. The van der Waals surface area contributed by atoms with Crippen LogP contribution in [0.5, 0.6) is 34.5 Å². The van der Waals surface area contributed by atoms with Crippen molar-refractivity contribution in [1.82, 2.24) is 0 Å². The molecule has 8 heteroatoms. The molecule has 0 aliphatic carbocycles. The molecule has 3 rings (SSSR count). The predicted octanol–water partition coefficient (Wildman–Crippen LogP) is 6.41. The van der Waals surface area contributed by atoms with Gasteiger partial charge in [0, 0.05) is 35.4 Å². The Kier molecular flexibility index (Phi) is 9.69.